The number of hydrogen-bond acceptors (Lipinski definition) is 3. The molecule has 1 unspecified atom stereocenters. The van der Waals surface area contributed by atoms with Crippen LogP contribution >= 0.6 is 0 Å². The minimum atomic E-state index is 0.713. The minimum absolute atomic E-state index is 0.713. The van der Waals surface area contributed by atoms with E-state index in [2.05, 4.69) is 49.9 Å². The summed E-state index contributed by atoms with van der Waals surface area (Å²) in [5.41, 5.74) is 0. The van der Waals surface area contributed by atoms with Crippen LogP contribution in [0.5, 0.6) is 0 Å². The van der Waals surface area contributed by atoms with E-state index in [-0.39, 0.29) is 0 Å². The Hall–Kier alpha value is -0.120. The van der Waals surface area contributed by atoms with Gasteiger partial charge >= 0.3 is 0 Å². The molecule has 1 N–H and O–H groups in total. The van der Waals surface area contributed by atoms with Crippen molar-refractivity contribution >= 4 is 0 Å². The van der Waals surface area contributed by atoms with Crippen LogP contribution in [-0.2, 0) is 0 Å². The lowest BCUT2D eigenvalue weighted by Gasteiger charge is -2.24. The van der Waals surface area contributed by atoms with Crippen LogP contribution in [0.2, 0.25) is 0 Å². The Kier molecular flexibility index (Phi) is 10.9. The number of hydrogen-bond donors (Lipinski definition) is 1. The highest BCUT2D eigenvalue weighted by Crippen LogP contribution is 2.02. The molecule has 3 heteroatoms. The molecule has 0 saturated carbocycles. The molecule has 0 aromatic rings. The first kappa shape index (κ1) is 16.9. The molecule has 3 nitrogen and oxygen atoms in total. The number of rotatable bonds is 11. The van der Waals surface area contributed by atoms with E-state index < -0.39 is 0 Å². The molecule has 0 aliphatic rings. The summed E-state index contributed by atoms with van der Waals surface area (Å²) >= 11 is 0. The fourth-order valence-corrected chi connectivity index (χ4v) is 2.02. The maximum absolute atomic E-state index is 3.53. The normalized spacial score (nSPS) is 13.6. The molecular weight excluding hydrogens is 210 g/mol. The van der Waals surface area contributed by atoms with Crippen LogP contribution in [0.25, 0.3) is 0 Å². The van der Waals surface area contributed by atoms with Gasteiger partial charge in [-0.3, -0.25) is 0 Å². The summed E-state index contributed by atoms with van der Waals surface area (Å²) in [5.74, 6) is 0. The highest BCUT2D eigenvalue weighted by atomic mass is 15.2. The Morgan fingerprint density at radius 3 is 2.12 bits per heavy atom. The van der Waals surface area contributed by atoms with E-state index in [1.54, 1.807) is 0 Å². The van der Waals surface area contributed by atoms with Gasteiger partial charge in [-0.15, -0.1) is 0 Å². The SMILES string of the molecule is CCCC(C)N(C)CCNCCN(CC)CC. The van der Waals surface area contributed by atoms with E-state index in [9.17, 15) is 0 Å². The van der Waals surface area contributed by atoms with Crippen LogP contribution < -0.4 is 5.32 Å². The fraction of sp³-hybridized carbons (Fsp3) is 1.00. The third-order valence-electron chi connectivity index (χ3n) is 3.60. The molecule has 0 amide bonds. The molecule has 0 heterocycles. The van der Waals surface area contributed by atoms with E-state index in [1.165, 1.54) is 19.4 Å². The van der Waals surface area contributed by atoms with Crippen molar-refractivity contribution in [3.8, 4) is 0 Å². The van der Waals surface area contributed by atoms with Crippen LogP contribution in [0.4, 0.5) is 0 Å². The maximum atomic E-state index is 3.53. The van der Waals surface area contributed by atoms with Gasteiger partial charge in [-0.25, -0.2) is 0 Å². The van der Waals surface area contributed by atoms with Crippen LogP contribution in [-0.4, -0.2) is 62.2 Å². The van der Waals surface area contributed by atoms with Crippen molar-refractivity contribution in [3.05, 3.63) is 0 Å². The molecule has 0 rings (SSSR count). The van der Waals surface area contributed by atoms with E-state index in [4.69, 9.17) is 0 Å². The zero-order chi connectivity index (χ0) is 13.1. The number of likely N-dealkylation sites (N-methyl/N-ethyl adjacent to an activating group) is 2. The summed E-state index contributed by atoms with van der Waals surface area (Å²) < 4.78 is 0. The van der Waals surface area contributed by atoms with Crippen molar-refractivity contribution in [2.45, 2.75) is 46.6 Å². The van der Waals surface area contributed by atoms with Gasteiger partial charge in [-0.2, -0.15) is 0 Å². The quantitative estimate of drug-likeness (QED) is 0.560. The van der Waals surface area contributed by atoms with Gasteiger partial charge < -0.3 is 15.1 Å². The van der Waals surface area contributed by atoms with Crippen LogP contribution in [0.15, 0.2) is 0 Å². The summed E-state index contributed by atoms with van der Waals surface area (Å²) in [6.45, 7) is 15.9. The van der Waals surface area contributed by atoms with E-state index in [0.29, 0.717) is 6.04 Å². The highest BCUT2D eigenvalue weighted by Gasteiger charge is 2.06. The molecule has 0 spiro atoms. The van der Waals surface area contributed by atoms with Crippen molar-refractivity contribution in [1.29, 1.82) is 0 Å². The third kappa shape index (κ3) is 8.58. The van der Waals surface area contributed by atoms with E-state index in [0.717, 1.165) is 32.7 Å². The minimum Gasteiger partial charge on any atom is -0.314 e. The van der Waals surface area contributed by atoms with E-state index in [1.807, 2.05) is 0 Å². The molecule has 0 radical (unpaired) electrons. The second-order valence-corrected chi connectivity index (χ2v) is 4.90. The van der Waals surface area contributed by atoms with Crippen molar-refractivity contribution in [1.82, 2.24) is 15.1 Å². The smallest absolute Gasteiger partial charge is 0.0107 e. The van der Waals surface area contributed by atoms with Gasteiger partial charge in [0.1, 0.15) is 0 Å². The zero-order valence-corrected chi connectivity index (χ0v) is 12.6. The third-order valence-corrected chi connectivity index (χ3v) is 3.60. The van der Waals surface area contributed by atoms with Crippen molar-refractivity contribution in [2.75, 3.05) is 46.3 Å². The molecule has 0 aliphatic heterocycles. The second kappa shape index (κ2) is 11.0. The van der Waals surface area contributed by atoms with Gasteiger partial charge in [0.15, 0.2) is 0 Å². The molecule has 0 aliphatic carbocycles. The molecule has 0 bridgehead atoms. The van der Waals surface area contributed by atoms with Crippen molar-refractivity contribution in [3.63, 3.8) is 0 Å². The summed E-state index contributed by atoms with van der Waals surface area (Å²) in [6.07, 6.45) is 2.58. The van der Waals surface area contributed by atoms with Crippen LogP contribution in [0.1, 0.15) is 40.5 Å². The standard InChI is InChI=1S/C14H33N3/c1-6-9-14(4)16(5)12-10-15-11-13-17(7-2)8-3/h14-15H,6-13H2,1-5H3. The van der Waals surface area contributed by atoms with Gasteiger partial charge in [-0.1, -0.05) is 27.2 Å². The molecule has 0 fully saturated rings. The Bertz CT molecular complexity index is 158. The maximum Gasteiger partial charge on any atom is 0.0107 e. The predicted octanol–water partition coefficient (Wildman–Crippen LogP) is 2.04. The average molecular weight is 243 g/mol. The van der Waals surface area contributed by atoms with Crippen molar-refractivity contribution in [2.24, 2.45) is 0 Å². The predicted molar refractivity (Wildman–Crippen MR) is 77.7 cm³/mol. The first-order valence-corrected chi connectivity index (χ1v) is 7.28. The molecule has 104 valence electrons. The monoisotopic (exact) mass is 243 g/mol. The first-order valence-electron chi connectivity index (χ1n) is 7.28. The van der Waals surface area contributed by atoms with Gasteiger partial charge in [0, 0.05) is 32.2 Å². The van der Waals surface area contributed by atoms with Gasteiger partial charge in [0.25, 0.3) is 0 Å². The van der Waals surface area contributed by atoms with Crippen molar-refractivity contribution < 1.29 is 0 Å². The van der Waals surface area contributed by atoms with Gasteiger partial charge in [-0.05, 0) is 33.5 Å². The zero-order valence-electron chi connectivity index (χ0n) is 12.6. The molecule has 1 atom stereocenters. The fourth-order valence-electron chi connectivity index (χ4n) is 2.02. The second-order valence-electron chi connectivity index (χ2n) is 4.90. The average Bonchev–Trinajstić information content (AvgIpc) is 2.33. The number of nitrogens with one attached hydrogen (secondary N) is 1. The van der Waals surface area contributed by atoms with Gasteiger partial charge in [0.2, 0.25) is 0 Å². The number of nitrogens with zero attached hydrogens (tertiary/aromatic N) is 2. The lowest BCUT2D eigenvalue weighted by Crippen LogP contribution is -2.38. The Balaban J connectivity index is 3.44. The molecule has 0 saturated heterocycles. The summed E-state index contributed by atoms with van der Waals surface area (Å²) in [7, 11) is 2.23. The Morgan fingerprint density at radius 1 is 1.00 bits per heavy atom. The van der Waals surface area contributed by atoms with Gasteiger partial charge in [0.05, 0.1) is 0 Å². The highest BCUT2D eigenvalue weighted by molar-refractivity contribution is 4.64. The lowest BCUT2D eigenvalue weighted by atomic mass is 10.2. The molecule has 17 heavy (non-hydrogen) atoms. The summed E-state index contributed by atoms with van der Waals surface area (Å²) in [6, 6.07) is 0.713. The largest absolute Gasteiger partial charge is 0.314 e. The lowest BCUT2D eigenvalue weighted by molar-refractivity contribution is 0.241. The molecular formula is C14H33N3. The summed E-state index contributed by atoms with van der Waals surface area (Å²) in [4.78, 5) is 4.91. The summed E-state index contributed by atoms with van der Waals surface area (Å²) in [5, 5.41) is 3.53. The van der Waals surface area contributed by atoms with E-state index >= 15 is 0 Å². The Labute approximate surface area is 109 Å². The van der Waals surface area contributed by atoms with Crippen LogP contribution in [0.3, 0.4) is 0 Å². The Morgan fingerprint density at radius 2 is 1.59 bits per heavy atom. The molecule has 0 aromatic heterocycles. The van der Waals surface area contributed by atoms with Crippen LogP contribution in [0, 0.1) is 0 Å². The first-order chi connectivity index (χ1) is 8.15. The molecule has 0 aromatic carbocycles. The topological polar surface area (TPSA) is 18.5 Å².